The van der Waals surface area contributed by atoms with Gasteiger partial charge in [-0.2, -0.15) is 5.90 Å². The van der Waals surface area contributed by atoms with Crippen molar-refractivity contribution in [2.75, 3.05) is 7.11 Å². The van der Waals surface area contributed by atoms with Crippen LogP contribution in [0.3, 0.4) is 0 Å². The zero-order valence-corrected chi connectivity index (χ0v) is 9.83. The predicted octanol–water partition coefficient (Wildman–Crippen LogP) is 1.29. The van der Waals surface area contributed by atoms with Crippen molar-refractivity contribution in [2.24, 2.45) is 5.90 Å². The Bertz CT molecular complexity index is 406. The number of hydrogen-bond donors (Lipinski definition) is 1. The van der Waals surface area contributed by atoms with Crippen LogP contribution in [0.5, 0.6) is 11.5 Å². The van der Waals surface area contributed by atoms with E-state index in [4.69, 9.17) is 10.6 Å². The largest absolute Gasteiger partial charge is 0.493 e. The lowest BCUT2D eigenvalue weighted by atomic mass is 10.2. The lowest BCUT2D eigenvalue weighted by Gasteiger charge is -2.06. The summed E-state index contributed by atoms with van der Waals surface area (Å²) in [4.78, 5) is 15.5. The van der Waals surface area contributed by atoms with Crippen LogP contribution >= 0.6 is 9.47 Å². The van der Waals surface area contributed by atoms with Crippen molar-refractivity contribution < 1.29 is 18.9 Å². The molecule has 6 heteroatoms. The van der Waals surface area contributed by atoms with Crippen LogP contribution < -0.4 is 15.5 Å². The van der Waals surface area contributed by atoms with Gasteiger partial charge < -0.3 is 14.1 Å². The van der Waals surface area contributed by atoms with Gasteiger partial charge in [-0.3, -0.25) is 0 Å². The molecule has 0 radical (unpaired) electrons. The van der Waals surface area contributed by atoms with E-state index < -0.39 is 5.97 Å². The SMILES string of the molecule is COc1cc(/C=C/C(=O)OP)ccc1ON. The highest BCUT2D eigenvalue weighted by molar-refractivity contribution is 7.10. The van der Waals surface area contributed by atoms with Gasteiger partial charge in [0, 0.05) is 6.08 Å². The van der Waals surface area contributed by atoms with Crippen LogP contribution in [0.4, 0.5) is 0 Å². The quantitative estimate of drug-likeness (QED) is 0.488. The minimum absolute atomic E-state index is 0.424. The van der Waals surface area contributed by atoms with Gasteiger partial charge in [0.05, 0.1) is 16.6 Å². The monoisotopic (exact) mass is 241 g/mol. The summed E-state index contributed by atoms with van der Waals surface area (Å²) in [6.07, 6.45) is 2.89. The summed E-state index contributed by atoms with van der Waals surface area (Å²) < 4.78 is 9.44. The average molecular weight is 241 g/mol. The first-order valence-electron chi connectivity index (χ1n) is 4.34. The third-order valence-corrected chi connectivity index (χ3v) is 2.07. The lowest BCUT2D eigenvalue weighted by molar-refractivity contribution is -0.127. The molecule has 5 nitrogen and oxygen atoms in total. The highest BCUT2D eigenvalue weighted by Gasteiger charge is 2.03. The molecule has 86 valence electrons. The Hall–Kier alpha value is -1.58. The number of hydrogen-bond acceptors (Lipinski definition) is 5. The number of rotatable bonds is 4. The second kappa shape index (κ2) is 6.10. The van der Waals surface area contributed by atoms with E-state index in [0.29, 0.717) is 11.5 Å². The zero-order valence-electron chi connectivity index (χ0n) is 8.67. The topological polar surface area (TPSA) is 70.8 Å². The minimum atomic E-state index is -0.455. The molecule has 0 bridgehead atoms. The fourth-order valence-corrected chi connectivity index (χ4v) is 1.17. The average Bonchev–Trinajstić information content (AvgIpc) is 2.35. The zero-order chi connectivity index (χ0) is 12.0. The standard InChI is InChI=1S/C10H12NO4P/c1-13-9-6-7(2-4-8(9)14-11)3-5-10(12)15-16/h2-6H,11,16H2,1H3/b5-3+. The molecule has 0 heterocycles. The van der Waals surface area contributed by atoms with E-state index in [1.54, 1.807) is 24.3 Å². The van der Waals surface area contributed by atoms with Crippen LogP contribution in [-0.4, -0.2) is 13.1 Å². The van der Waals surface area contributed by atoms with Gasteiger partial charge in [-0.15, -0.1) is 0 Å². The highest BCUT2D eigenvalue weighted by Crippen LogP contribution is 2.27. The third kappa shape index (κ3) is 3.22. The van der Waals surface area contributed by atoms with Crippen LogP contribution in [0.25, 0.3) is 6.08 Å². The van der Waals surface area contributed by atoms with Gasteiger partial charge in [-0.1, -0.05) is 6.07 Å². The molecule has 0 amide bonds. The Balaban J connectivity index is 2.91. The van der Waals surface area contributed by atoms with Crippen LogP contribution in [0, 0.1) is 0 Å². The summed E-state index contributed by atoms with van der Waals surface area (Å²) in [6.45, 7) is 0. The maximum atomic E-state index is 10.9. The Kier molecular flexibility index (Phi) is 4.76. The molecule has 1 atom stereocenters. The first-order valence-corrected chi connectivity index (χ1v) is 4.82. The van der Waals surface area contributed by atoms with Gasteiger partial charge in [-0.25, -0.2) is 4.79 Å². The van der Waals surface area contributed by atoms with E-state index in [9.17, 15) is 4.79 Å². The highest BCUT2D eigenvalue weighted by atomic mass is 31.0. The maximum absolute atomic E-state index is 10.9. The van der Waals surface area contributed by atoms with Crippen molar-refractivity contribution >= 4 is 21.5 Å². The molecule has 16 heavy (non-hydrogen) atoms. The van der Waals surface area contributed by atoms with Crippen molar-refractivity contribution in [1.82, 2.24) is 0 Å². The van der Waals surface area contributed by atoms with Crippen molar-refractivity contribution in [3.05, 3.63) is 29.8 Å². The van der Waals surface area contributed by atoms with E-state index in [-0.39, 0.29) is 0 Å². The normalized spacial score (nSPS) is 10.2. The van der Waals surface area contributed by atoms with Crippen molar-refractivity contribution in [2.45, 2.75) is 0 Å². The molecular formula is C10H12NO4P. The third-order valence-electron chi connectivity index (χ3n) is 1.84. The number of nitrogens with two attached hydrogens (primary N) is 1. The van der Waals surface area contributed by atoms with Gasteiger partial charge >= 0.3 is 5.97 Å². The van der Waals surface area contributed by atoms with Gasteiger partial charge in [0.15, 0.2) is 11.5 Å². The predicted molar refractivity (Wildman–Crippen MR) is 62.6 cm³/mol. The molecule has 0 spiro atoms. The second-order valence-electron chi connectivity index (χ2n) is 2.80. The molecule has 2 N–H and O–H groups in total. The van der Waals surface area contributed by atoms with Crippen molar-refractivity contribution in [3.8, 4) is 11.5 Å². The first-order chi connectivity index (χ1) is 7.71. The van der Waals surface area contributed by atoms with Crippen molar-refractivity contribution in [1.29, 1.82) is 0 Å². The lowest BCUT2D eigenvalue weighted by Crippen LogP contribution is -2.03. The molecule has 0 fully saturated rings. The molecule has 1 aromatic carbocycles. The minimum Gasteiger partial charge on any atom is -0.493 e. The molecule has 0 aromatic heterocycles. The van der Waals surface area contributed by atoms with E-state index in [0.717, 1.165) is 5.56 Å². The van der Waals surface area contributed by atoms with Gasteiger partial charge in [0.2, 0.25) is 0 Å². The summed E-state index contributed by atoms with van der Waals surface area (Å²) >= 11 is 0. The smallest absolute Gasteiger partial charge is 0.332 e. The first kappa shape index (κ1) is 12.5. The summed E-state index contributed by atoms with van der Waals surface area (Å²) in [5.74, 6) is 5.50. The molecule has 0 aliphatic rings. The summed E-state index contributed by atoms with van der Waals surface area (Å²) in [5.41, 5.74) is 0.771. The van der Waals surface area contributed by atoms with Crippen LogP contribution in [0.15, 0.2) is 24.3 Å². The fraction of sp³-hybridized carbons (Fsp3) is 0.100. The molecule has 0 aliphatic heterocycles. The summed E-state index contributed by atoms with van der Waals surface area (Å²) in [7, 11) is 3.38. The van der Waals surface area contributed by atoms with E-state index >= 15 is 0 Å². The van der Waals surface area contributed by atoms with Gasteiger partial charge in [-0.05, 0) is 23.8 Å². The number of ether oxygens (including phenoxy) is 1. The molecule has 1 rings (SSSR count). The van der Waals surface area contributed by atoms with Gasteiger partial charge in [0.25, 0.3) is 0 Å². The summed E-state index contributed by atoms with van der Waals surface area (Å²) in [5, 5.41) is 0. The van der Waals surface area contributed by atoms with Crippen LogP contribution in [0.2, 0.25) is 0 Å². The van der Waals surface area contributed by atoms with E-state index in [1.807, 2.05) is 9.47 Å². The van der Waals surface area contributed by atoms with Crippen molar-refractivity contribution in [3.63, 3.8) is 0 Å². The molecule has 0 saturated heterocycles. The summed E-state index contributed by atoms with van der Waals surface area (Å²) in [6, 6.07) is 5.07. The van der Waals surface area contributed by atoms with E-state index in [2.05, 4.69) is 9.36 Å². The van der Waals surface area contributed by atoms with E-state index in [1.165, 1.54) is 13.2 Å². The molecule has 0 saturated carbocycles. The number of methoxy groups -OCH3 is 1. The Labute approximate surface area is 95.4 Å². The molecule has 1 unspecified atom stereocenters. The Morgan fingerprint density at radius 2 is 2.19 bits per heavy atom. The molecular weight excluding hydrogens is 229 g/mol. The molecule has 1 aromatic rings. The van der Waals surface area contributed by atoms with Crippen LogP contribution in [0.1, 0.15) is 5.56 Å². The second-order valence-corrected chi connectivity index (χ2v) is 3.03. The Morgan fingerprint density at radius 3 is 2.75 bits per heavy atom. The fourth-order valence-electron chi connectivity index (χ4n) is 1.09. The number of carbonyl (C=O) groups is 1. The van der Waals surface area contributed by atoms with Gasteiger partial charge in [0.1, 0.15) is 0 Å². The van der Waals surface area contributed by atoms with Crippen LogP contribution in [-0.2, 0) is 9.32 Å². The number of carbonyl (C=O) groups excluding carboxylic acids is 1. The maximum Gasteiger partial charge on any atom is 0.332 e. The number of benzene rings is 1. The Morgan fingerprint density at radius 1 is 1.44 bits per heavy atom. The molecule has 0 aliphatic carbocycles.